The van der Waals surface area contributed by atoms with Gasteiger partial charge in [-0.05, 0) is 6.07 Å². The first-order chi connectivity index (χ1) is 7.63. The van der Waals surface area contributed by atoms with Gasteiger partial charge in [0.1, 0.15) is 11.6 Å². The number of hydrogen-bond acceptors (Lipinski definition) is 2. The highest BCUT2D eigenvalue weighted by atomic mass is 35.5. The molecule has 0 heterocycles. The largest absolute Gasteiger partial charge is 0.434 e. The second-order valence-electron chi connectivity index (χ2n) is 2.90. The van der Waals surface area contributed by atoms with E-state index in [1.54, 1.807) is 18.2 Å². The first-order valence-electron chi connectivity index (χ1n) is 4.49. The molecule has 0 spiro atoms. The van der Waals surface area contributed by atoms with E-state index in [-0.39, 0.29) is 24.1 Å². The first-order valence-corrected chi connectivity index (χ1v) is 5.02. The van der Waals surface area contributed by atoms with Crippen molar-refractivity contribution >= 4 is 17.5 Å². The zero-order chi connectivity index (χ0) is 12.0. The number of ether oxygens (including phenoxy) is 1. The molecule has 1 N–H and O–H groups in total. The van der Waals surface area contributed by atoms with Crippen molar-refractivity contribution in [1.29, 1.82) is 0 Å². The minimum atomic E-state index is -2.88. The molecule has 0 unspecified atom stereocenters. The lowest BCUT2D eigenvalue weighted by molar-refractivity contribution is -0.118. The summed E-state index contributed by atoms with van der Waals surface area (Å²) in [7, 11) is 0. The monoisotopic (exact) mass is 249 g/mol. The van der Waals surface area contributed by atoms with Gasteiger partial charge in [0.15, 0.2) is 0 Å². The summed E-state index contributed by atoms with van der Waals surface area (Å²) >= 11 is 5.28. The van der Waals surface area contributed by atoms with E-state index in [0.29, 0.717) is 5.56 Å². The Balaban J connectivity index is 2.67. The van der Waals surface area contributed by atoms with Gasteiger partial charge in [-0.3, -0.25) is 4.79 Å². The maximum absolute atomic E-state index is 12.0. The summed E-state index contributed by atoms with van der Waals surface area (Å²) in [4.78, 5) is 10.9. The van der Waals surface area contributed by atoms with Crippen LogP contribution in [0, 0.1) is 0 Å². The SMILES string of the molecule is O=C(CCl)NCc1ccccc1OC(F)F. The molecule has 0 saturated carbocycles. The summed E-state index contributed by atoms with van der Waals surface area (Å²) in [6.45, 7) is -2.78. The van der Waals surface area contributed by atoms with Gasteiger partial charge in [0.2, 0.25) is 5.91 Å². The number of benzene rings is 1. The molecule has 1 aromatic rings. The smallest absolute Gasteiger partial charge is 0.387 e. The normalized spacial score (nSPS) is 10.2. The van der Waals surface area contributed by atoms with Gasteiger partial charge in [0, 0.05) is 12.1 Å². The number of para-hydroxylation sites is 1. The molecule has 1 aromatic carbocycles. The fourth-order valence-electron chi connectivity index (χ4n) is 1.10. The third-order valence-electron chi connectivity index (χ3n) is 1.79. The van der Waals surface area contributed by atoms with Crippen LogP contribution in [0.15, 0.2) is 24.3 Å². The second-order valence-corrected chi connectivity index (χ2v) is 3.16. The lowest BCUT2D eigenvalue weighted by Crippen LogP contribution is -2.24. The lowest BCUT2D eigenvalue weighted by atomic mass is 10.2. The molecule has 0 aliphatic rings. The van der Waals surface area contributed by atoms with Gasteiger partial charge in [0.25, 0.3) is 0 Å². The molecule has 0 aliphatic carbocycles. The summed E-state index contributed by atoms with van der Waals surface area (Å²) in [5, 5.41) is 2.47. The molecule has 6 heteroatoms. The van der Waals surface area contributed by atoms with E-state index in [2.05, 4.69) is 10.1 Å². The summed E-state index contributed by atoms with van der Waals surface area (Å²) in [5.74, 6) is -0.487. The number of carbonyl (C=O) groups is 1. The zero-order valence-corrected chi connectivity index (χ0v) is 9.01. The molecule has 0 saturated heterocycles. The van der Waals surface area contributed by atoms with E-state index in [0.717, 1.165) is 0 Å². The summed E-state index contributed by atoms with van der Waals surface area (Å²) < 4.78 is 28.4. The molecule has 0 aliphatic heterocycles. The zero-order valence-electron chi connectivity index (χ0n) is 8.25. The number of rotatable bonds is 5. The van der Waals surface area contributed by atoms with Crippen molar-refractivity contribution in [2.75, 3.05) is 5.88 Å². The number of halogens is 3. The summed E-state index contributed by atoms with van der Waals surface area (Å²) in [6.07, 6.45) is 0. The van der Waals surface area contributed by atoms with Gasteiger partial charge in [-0.15, -0.1) is 11.6 Å². The standard InChI is InChI=1S/C10H10ClF2NO2/c11-5-9(15)14-6-7-3-1-2-4-8(7)16-10(12)13/h1-4,10H,5-6H2,(H,14,15). The van der Waals surface area contributed by atoms with E-state index in [9.17, 15) is 13.6 Å². The van der Waals surface area contributed by atoms with Crippen LogP contribution in [0.4, 0.5) is 8.78 Å². The van der Waals surface area contributed by atoms with E-state index >= 15 is 0 Å². The Kier molecular flexibility index (Phi) is 4.98. The Bertz CT molecular complexity index is 360. The van der Waals surface area contributed by atoms with Crippen LogP contribution in [-0.2, 0) is 11.3 Å². The fourth-order valence-corrected chi connectivity index (χ4v) is 1.20. The maximum atomic E-state index is 12.0. The third kappa shape index (κ3) is 4.02. The Morgan fingerprint density at radius 2 is 2.12 bits per heavy atom. The predicted octanol–water partition coefficient (Wildman–Crippen LogP) is 2.14. The Hall–Kier alpha value is -1.36. The quantitative estimate of drug-likeness (QED) is 0.812. The maximum Gasteiger partial charge on any atom is 0.387 e. The number of alkyl halides is 3. The van der Waals surface area contributed by atoms with Crippen LogP contribution in [0.5, 0.6) is 5.75 Å². The second kappa shape index (κ2) is 6.27. The lowest BCUT2D eigenvalue weighted by Gasteiger charge is -2.10. The topological polar surface area (TPSA) is 38.3 Å². The third-order valence-corrected chi connectivity index (χ3v) is 2.03. The summed E-state index contributed by atoms with van der Waals surface area (Å²) in [5.41, 5.74) is 0.473. The minimum Gasteiger partial charge on any atom is -0.434 e. The molecular formula is C10H10ClF2NO2. The van der Waals surface area contributed by atoms with Gasteiger partial charge in [0.05, 0.1) is 0 Å². The van der Waals surface area contributed by atoms with Gasteiger partial charge in [-0.2, -0.15) is 8.78 Å². The van der Waals surface area contributed by atoms with E-state index in [1.807, 2.05) is 0 Å². The Labute approximate surface area is 96.4 Å². The molecule has 16 heavy (non-hydrogen) atoms. The summed E-state index contributed by atoms with van der Waals surface area (Å²) in [6, 6.07) is 6.24. The van der Waals surface area contributed by atoms with Crippen LogP contribution in [0.25, 0.3) is 0 Å². The molecule has 1 rings (SSSR count). The van der Waals surface area contributed by atoms with Crippen LogP contribution < -0.4 is 10.1 Å². The van der Waals surface area contributed by atoms with Crippen molar-refractivity contribution in [3.05, 3.63) is 29.8 Å². The average Bonchev–Trinajstić information content (AvgIpc) is 2.26. The van der Waals surface area contributed by atoms with Gasteiger partial charge >= 0.3 is 6.61 Å². The van der Waals surface area contributed by atoms with Crippen molar-refractivity contribution in [2.45, 2.75) is 13.2 Å². The average molecular weight is 250 g/mol. The van der Waals surface area contributed by atoms with E-state index in [4.69, 9.17) is 11.6 Å². The van der Waals surface area contributed by atoms with Crippen molar-refractivity contribution in [1.82, 2.24) is 5.32 Å². The molecular weight excluding hydrogens is 240 g/mol. The van der Waals surface area contributed by atoms with Gasteiger partial charge in [-0.1, -0.05) is 18.2 Å². The molecule has 0 radical (unpaired) electrons. The van der Waals surface area contributed by atoms with Crippen molar-refractivity contribution < 1.29 is 18.3 Å². The number of carbonyl (C=O) groups excluding carboxylic acids is 1. The number of hydrogen-bond donors (Lipinski definition) is 1. The van der Waals surface area contributed by atoms with Crippen LogP contribution in [0.3, 0.4) is 0 Å². The van der Waals surface area contributed by atoms with E-state index in [1.165, 1.54) is 6.07 Å². The highest BCUT2D eigenvalue weighted by molar-refractivity contribution is 6.27. The Morgan fingerprint density at radius 3 is 2.75 bits per heavy atom. The van der Waals surface area contributed by atoms with E-state index < -0.39 is 6.61 Å². The van der Waals surface area contributed by atoms with Crippen LogP contribution in [0.1, 0.15) is 5.56 Å². The molecule has 0 aromatic heterocycles. The fraction of sp³-hybridized carbons (Fsp3) is 0.300. The number of nitrogens with one attached hydrogen (secondary N) is 1. The van der Waals surface area contributed by atoms with Gasteiger partial charge in [-0.25, -0.2) is 0 Å². The molecule has 0 bridgehead atoms. The molecule has 88 valence electrons. The van der Waals surface area contributed by atoms with Crippen LogP contribution in [-0.4, -0.2) is 18.4 Å². The molecule has 3 nitrogen and oxygen atoms in total. The van der Waals surface area contributed by atoms with Crippen molar-refractivity contribution in [3.8, 4) is 5.75 Å². The highest BCUT2D eigenvalue weighted by Crippen LogP contribution is 2.19. The predicted molar refractivity (Wildman–Crippen MR) is 55.6 cm³/mol. The van der Waals surface area contributed by atoms with Crippen molar-refractivity contribution in [3.63, 3.8) is 0 Å². The van der Waals surface area contributed by atoms with Gasteiger partial charge < -0.3 is 10.1 Å². The first kappa shape index (κ1) is 12.7. The Morgan fingerprint density at radius 1 is 1.44 bits per heavy atom. The molecule has 0 atom stereocenters. The molecule has 1 amide bonds. The van der Waals surface area contributed by atoms with Crippen LogP contribution in [0.2, 0.25) is 0 Å². The minimum absolute atomic E-state index is 0.0485. The van der Waals surface area contributed by atoms with Crippen LogP contribution >= 0.6 is 11.6 Å². The molecule has 0 fully saturated rings. The van der Waals surface area contributed by atoms with Crippen molar-refractivity contribution in [2.24, 2.45) is 0 Å². The number of amides is 1. The highest BCUT2D eigenvalue weighted by Gasteiger charge is 2.09.